The van der Waals surface area contributed by atoms with Crippen LogP contribution in [-0.4, -0.2) is 17.4 Å². The number of nitrogens with one attached hydrogen (secondary N) is 1. The molecule has 13 heavy (non-hydrogen) atoms. The zero-order valence-electron chi connectivity index (χ0n) is 7.75. The average Bonchev–Trinajstić information content (AvgIpc) is 2.57. The molecule has 0 saturated heterocycles. The molecule has 0 amide bonds. The summed E-state index contributed by atoms with van der Waals surface area (Å²) in [6, 6.07) is 2.25. The van der Waals surface area contributed by atoms with E-state index in [1.165, 1.54) is 17.0 Å². The first-order valence-electron chi connectivity index (χ1n) is 4.41. The summed E-state index contributed by atoms with van der Waals surface area (Å²) in [6.45, 7) is 1.94. The molecule has 1 aromatic rings. The fraction of sp³-hybridized carbons (Fsp3) is 0.556. The van der Waals surface area contributed by atoms with Gasteiger partial charge in [0.25, 0.3) is 0 Å². The minimum absolute atomic E-state index is 0.793. The van der Waals surface area contributed by atoms with Crippen LogP contribution in [-0.2, 0) is 23.7 Å². The molecule has 0 bridgehead atoms. The van der Waals surface area contributed by atoms with Gasteiger partial charge in [0.2, 0.25) is 0 Å². The fourth-order valence-corrected chi connectivity index (χ4v) is 2.47. The van der Waals surface area contributed by atoms with Gasteiger partial charge in [0.05, 0.1) is 7.11 Å². The number of rotatable bonds is 3. The molecule has 0 spiro atoms. The molecule has 1 aromatic heterocycles. The molecule has 0 saturated carbocycles. The van der Waals surface area contributed by atoms with E-state index in [1.54, 1.807) is 7.11 Å². The van der Waals surface area contributed by atoms with Crippen LogP contribution in [0.5, 0.6) is 0 Å². The van der Waals surface area contributed by atoms with Crippen LogP contribution in [0, 0.1) is 0 Å². The molecule has 0 aromatic carbocycles. The first-order valence-corrected chi connectivity index (χ1v) is 5.57. The lowest BCUT2D eigenvalue weighted by Crippen LogP contribution is -2.10. The molecule has 1 aliphatic rings. The summed E-state index contributed by atoms with van der Waals surface area (Å²) in [6.07, 6.45) is 2.21. The largest absolute Gasteiger partial charge is 0.349 e. The van der Waals surface area contributed by atoms with E-state index in [4.69, 9.17) is 4.84 Å². The Bertz CT molecular complexity index is 262. The van der Waals surface area contributed by atoms with Crippen LogP contribution in [0.4, 0.5) is 0 Å². The molecule has 2 heterocycles. The smallest absolute Gasteiger partial charge is 0.0572 e. The second-order valence-electron chi connectivity index (χ2n) is 3.11. The summed E-state index contributed by atoms with van der Waals surface area (Å²) >= 11 is 2.00. The van der Waals surface area contributed by atoms with Gasteiger partial charge in [0.1, 0.15) is 0 Å². The Morgan fingerprint density at radius 2 is 2.62 bits per heavy atom. The Labute approximate surface area is 82.4 Å². The van der Waals surface area contributed by atoms with E-state index < -0.39 is 0 Å². The van der Waals surface area contributed by atoms with Gasteiger partial charge in [-0.05, 0) is 11.6 Å². The lowest BCUT2D eigenvalue weighted by molar-refractivity contribution is 0.0867. The number of thioether (sulfide) groups is 1. The minimum Gasteiger partial charge on any atom is -0.349 e. The molecule has 0 unspecified atom stereocenters. The van der Waals surface area contributed by atoms with Crippen LogP contribution in [0.25, 0.3) is 0 Å². The summed E-state index contributed by atoms with van der Waals surface area (Å²) in [4.78, 5) is 4.81. The molecule has 3 nitrogen and oxygen atoms in total. The monoisotopic (exact) mass is 198 g/mol. The third kappa shape index (κ3) is 2.07. The molecular weight excluding hydrogens is 184 g/mol. The molecule has 0 radical (unpaired) electrons. The average molecular weight is 198 g/mol. The molecule has 1 N–H and O–H groups in total. The van der Waals surface area contributed by atoms with Gasteiger partial charge in [0.15, 0.2) is 0 Å². The zero-order valence-corrected chi connectivity index (χ0v) is 8.56. The van der Waals surface area contributed by atoms with Crippen molar-refractivity contribution >= 4 is 11.8 Å². The van der Waals surface area contributed by atoms with Crippen molar-refractivity contribution in [1.29, 1.82) is 0 Å². The number of aromatic nitrogens is 1. The first kappa shape index (κ1) is 9.12. The molecule has 1 aliphatic heterocycles. The highest BCUT2D eigenvalue weighted by atomic mass is 32.2. The van der Waals surface area contributed by atoms with Gasteiger partial charge in [-0.25, -0.2) is 0 Å². The van der Waals surface area contributed by atoms with E-state index in [1.807, 2.05) is 11.8 Å². The third-order valence-electron chi connectivity index (χ3n) is 2.19. The van der Waals surface area contributed by atoms with Crippen molar-refractivity contribution in [1.82, 2.24) is 10.0 Å². The number of nitrogens with zero attached hydrogens (tertiary/aromatic N) is 1. The lowest BCUT2D eigenvalue weighted by atomic mass is 10.3. The van der Waals surface area contributed by atoms with Gasteiger partial charge in [-0.3, -0.25) is 0 Å². The maximum Gasteiger partial charge on any atom is 0.0572 e. The summed E-state index contributed by atoms with van der Waals surface area (Å²) in [7, 11) is 1.64. The molecular formula is C9H14N2OS. The molecule has 72 valence electrons. The van der Waals surface area contributed by atoms with Gasteiger partial charge in [-0.15, -0.1) is 0 Å². The maximum atomic E-state index is 4.81. The standard InChI is InChI=1S/C9H14N2OS/c1-12-10-5-8-4-9-7-13-3-2-11(9)6-8/h4,6,10H,2-3,5,7H2,1H3. The first-order chi connectivity index (χ1) is 6.40. The van der Waals surface area contributed by atoms with Gasteiger partial charge in [-0.2, -0.15) is 17.2 Å². The quantitative estimate of drug-likeness (QED) is 0.743. The SMILES string of the molecule is CONCc1cc2n(c1)CCSC2. The van der Waals surface area contributed by atoms with Gasteiger partial charge >= 0.3 is 0 Å². The highest BCUT2D eigenvalue weighted by Gasteiger charge is 2.09. The number of fused-ring (bicyclic) bond motifs is 1. The second kappa shape index (κ2) is 4.17. The Morgan fingerprint density at radius 1 is 1.69 bits per heavy atom. The predicted octanol–water partition coefficient (Wildman–Crippen LogP) is 1.39. The Morgan fingerprint density at radius 3 is 3.38 bits per heavy atom. The van der Waals surface area contributed by atoms with Gasteiger partial charge in [0, 0.05) is 36.5 Å². The van der Waals surface area contributed by atoms with Crippen molar-refractivity contribution < 1.29 is 4.84 Å². The van der Waals surface area contributed by atoms with Crippen LogP contribution >= 0.6 is 11.8 Å². The predicted molar refractivity (Wildman–Crippen MR) is 54.4 cm³/mol. The van der Waals surface area contributed by atoms with E-state index in [2.05, 4.69) is 22.3 Å². The summed E-state index contributed by atoms with van der Waals surface area (Å²) in [5, 5.41) is 0. The summed E-state index contributed by atoms with van der Waals surface area (Å²) in [5.74, 6) is 2.38. The summed E-state index contributed by atoms with van der Waals surface area (Å²) < 4.78 is 2.34. The maximum absolute atomic E-state index is 4.81. The van der Waals surface area contributed by atoms with Crippen molar-refractivity contribution in [3.63, 3.8) is 0 Å². The highest BCUT2D eigenvalue weighted by molar-refractivity contribution is 7.98. The van der Waals surface area contributed by atoms with E-state index in [0.717, 1.165) is 18.8 Å². The van der Waals surface area contributed by atoms with Crippen molar-refractivity contribution in [3.8, 4) is 0 Å². The molecule has 0 fully saturated rings. The number of aryl methyl sites for hydroxylation is 1. The normalized spacial score (nSPS) is 15.8. The molecule has 2 rings (SSSR count). The van der Waals surface area contributed by atoms with E-state index in [9.17, 15) is 0 Å². The van der Waals surface area contributed by atoms with Crippen LogP contribution in [0.3, 0.4) is 0 Å². The molecule has 4 heteroatoms. The second-order valence-corrected chi connectivity index (χ2v) is 4.22. The zero-order chi connectivity index (χ0) is 9.10. The van der Waals surface area contributed by atoms with Crippen LogP contribution in [0.15, 0.2) is 12.3 Å². The topological polar surface area (TPSA) is 26.2 Å². The van der Waals surface area contributed by atoms with Gasteiger partial charge < -0.3 is 9.40 Å². The number of hydrogen-bond acceptors (Lipinski definition) is 3. The highest BCUT2D eigenvalue weighted by Crippen LogP contribution is 2.21. The van der Waals surface area contributed by atoms with Crippen molar-refractivity contribution in [3.05, 3.63) is 23.5 Å². The van der Waals surface area contributed by atoms with E-state index in [-0.39, 0.29) is 0 Å². The molecule has 0 aliphatic carbocycles. The van der Waals surface area contributed by atoms with Crippen LogP contribution < -0.4 is 5.48 Å². The van der Waals surface area contributed by atoms with Crippen LogP contribution in [0.1, 0.15) is 11.3 Å². The molecule has 0 atom stereocenters. The van der Waals surface area contributed by atoms with Crippen molar-refractivity contribution in [2.24, 2.45) is 0 Å². The fourth-order valence-electron chi connectivity index (χ4n) is 1.54. The number of hydroxylamine groups is 1. The Hall–Kier alpha value is -0.450. The van der Waals surface area contributed by atoms with Gasteiger partial charge in [-0.1, -0.05) is 0 Å². The van der Waals surface area contributed by atoms with Crippen LogP contribution in [0.2, 0.25) is 0 Å². The van der Waals surface area contributed by atoms with Crippen molar-refractivity contribution in [2.75, 3.05) is 12.9 Å². The van der Waals surface area contributed by atoms with E-state index in [0.29, 0.717) is 0 Å². The minimum atomic E-state index is 0.793. The lowest BCUT2D eigenvalue weighted by Gasteiger charge is -2.13. The van der Waals surface area contributed by atoms with E-state index >= 15 is 0 Å². The Balaban J connectivity index is 2.07. The summed E-state index contributed by atoms with van der Waals surface area (Å²) in [5.41, 5.74) is 5.59. The third-order valence-corrected chi connectivity index (χ3v) is 3.16. The van der Waals surface area contributed by atoms with Crippen molar-refractivity contribution in [2.45, 2.75) is 18.8 Å². The number of hydrogen-bond donors (Lipinski definition) is 1. The Kier molecular flexibility index (Phi) is 2.93.